The fourth-order valence-electron chi connectivity index (χ4n) is 5.69. The van der Waals surface area contributed by atoms with Crippen LogP contribution in [0.25, 0.3) is 0 Å². The van der Waals surface area contributed by atoms with E-state index in [2.05, 4.69) is 0 Å². The molecule has 4 aliphatic carbocycles. The number of ketones is 2. The van der Waals surface area contributed by atoms with E-state index in [4.69, 9.17) is 18.9 Å². The molecule has 0 unspecified atom stereocenters. The number of fused-ring (bicyclic) bond motifs is 1. The van der Waals surface area contributed by atoms with Crippen LogP contribution in [-0.4, -0.2) is 63.9 Å². The Morgan fingerprint density at radius 3 is 1.07 bits per heavy atom. The van der Waals surface area contributed by atoms with E-state index in [1.54, 1.807) is 0 Å². The van der Waals surface area contributed by atoms with Crippen LogP contribution in [0, 0.1) is 21.7 Å². The lowest BCUT2D eigenvalue weighted by molar-refractivity contribution is -0.196. The van der Waals surface area contributed by atoms with Crippen molar-refractivity contribution in [1.82, 2.24) is 0 Å². The van der Waals surface area contributed by atoms with Gasteiger partial charge in [-0.15, -0.1) is 0 Å². The number of hydrogen-bond acceptors (Lipinski definition) is 10. The standard InChI is InChI=1S/C19H22O10/c1-26-12(22)16-5-6-17(13(23)27-2)8-19(10(16)20,15(25)29-4)9-18(7-16,11(17)21)14(24)28-3/h5-9H2,1-4H3/t16-,17+,18+,19-. The minimum Gasteiger partial charge on any atom is -0.468 e. The Morgan fingerprint density at radius 1 is 0.552 bits per heavy atom. The summed E-state index contributed by atoms with van der Waals surface area (Å²) < 4.78 is 19.4. The summed E-state index contributed by atoms with van der Waals surface area (Å²) in [5.74, 6) is -5.60. The largest absolute Gasteiger partial charge is 0.468 e. The number of Topliss-reactive ketones (excluding diaryl/α,β-unsaturated/α-hetero) is 2. The van der Waals surface area contributed by atoms with E-state index < -0.39 is 76.4 Å². The second-order valence-corrected chi connectivity index (χ2v) is 7.98. The number of esters is 4. The highest BCUT2D eigenvalue weighted by atomic mass is 16.5. The number of rotatable bonds is 4. The van der Waals surface area contributed by atoms with Crippen molar-refractivity contribution in [3.8, 4) is 0 Å². The minimum atomic E-state index is -2.06. The van der Waals surface area contributed by atoms with E-state index in [0.717, 1.165) is 28.4 Å². The van der Waals surface area contributed by atoms with Crippen molar-refractivity contribution in [1.29, 1.82) is 0 Å². The molecule has 4 fully saturated rings. The van der Waals surface area contributed by atoms with Crippen molar-refractivity contribution < 1.29 is 47.7 Å². The van der Waals surface area contributed by atoms with Gasteiger partial charge in [-0.1, -0.05) is 0 Å². The van der Waals surface area contributed by atoms with Gasteiger partial charge in [0, 0.05) is 0 Å². The maximum Gasteiger partial charge on any atom is 0.319 e. The van der Waals surface area contributed by atoms with Crippen molar-refractivity contribution in [3.63, 3.8) is 0 Å². The van der Waals surface area contributed by atoms with E-state index >= 15 is 0 Å². The zero-order chi connectivity index (χ0) is 21.8. The van der Waals surface area contributed by atoms with Crippen LogP contribution in [0.5, 0.6) is 0 Å². The van der Waals surface area contributed by atoms with E-state index in [1.165, 1.54) is 0 Å². The van der Waals surface area contributed by atoms with Crippen molar-refractivity contribution in [2.45, 2.75) is 32.1 Å². The molecule has 0 aromatic carbocycles. The first kappa shape index (κ1) is 20.9. The normalized spacial score (nSPS) is 37.5. The number of carbonyl (C=O) groups excluding carboxylic acids is 6. The van der Waals surface area contributed by atoms with Gasteiger partial charge in [0.25, 0.3) is 0 Å². The molecule has 29 heavy (non-hydrogen) atoms. The zero-order valence-corrected chi connectivity index (χ0v) is 16.6. The molecule has 0 amide bonds. The van der Waals surface area contributed by atoms with Crippen molar-refractivity contribution in [2.24, 2.45) is 21.7 Å². The molecule has 0 aromatic heterocycles. The molecule has 0 saturated heterocycles. The molecular weight excluding hydrogens is 388 g/mol. The maximum absolute atomic E-state index is 13.6. The molecule has 10 nitrogen and oxygen atoms in total. The van der Waals surface area contributed by atoms with Gasteiger partial charge in [0.2, 0.25) is 0 Å². The minimum absolute atomic E-state index is 0.253. The fraction of sp³-hybridized carbons (Fsp3) is 0.684. The summed E-state index contributed by atoms with van der Waals surface area (Å²) in [5, 5.41) is 0. The summed E-state index contributed by atoms with van der Waals surface area (Å²) in [6, 6.07) is 0. The Kier molecular flexibility index (Phi) is 4.59. The van der Waals surface area contributed by atoms with E-state index in [1.807, 2.05) is 0 Å². The Labute approximate surface area is 166 Å². The summed E-state index contributed by atoms with van der Waals surface area (Å²) in [5.41, 5.74) is -8.05. The van der Waals surface area contributed by atoms with Gasteiger partial charge in [-0.05, 0) is 32.1 Å². The first-order chi connectivity index (χ1) is 13.6. The third-order valence-corrected chi connectivity index (χ3v) is 6.83. The van der Waals surface area contributed by atoms with Crippen molar-refractivity contribution in [3.05, 3.63) is 0 Å². The summed E-state index contributed by atoms with van der Waals surface area (Å²) in [7, 11) is 4.23. The maximum atomic E-state index is 13.6. The molecule has 4 bridgehead atoms. The van der Waals surface area contributed by atoms with Crippen LogP contribution in [0.3, 0.4) is 0 Å². The van der Waals surface area contributed by atoms with Gasteiger partial charge in [0.1, 0.15) is 21.7 Å². The quantitative estimate of drug-likeness (QED) is 0.346. The number of carbonyl (C=O) groups is 6. The van der Waals surface area contributed by atoms with Crippen LogP contribution in [0.1, 0.15) is 32.1 Å². The fourth-order valence-corrected chi connectivity index (χ4v) is 5.69. The number of methoxy groups -OCH3 is 4. The Bertz CT molecular complexity index is 778. The summed E-state index contributed by atoms with van der Waals surface area (Å²) >= 11 is 0. The zero-order valence-electron chi connectivity index (χ0n) is 16.6. The molecule has 4 aliphatic rings. The van der Waals surface area contributed by atoms with E-state index in [0.29, 0.717) is 0 Å². The first-order valence-corrected chi connectivity index (χ1v) is 9.00. The van der Waals surface area contributed by atoms with Gasteiger partial charge in [-0.2, -0.15) is 0 Å². The summed E-state index contributed by atoms with van der Waals surface area (Å²) in [6.07, 6.45) is -2.11. The van der Waals surface area contributed by atoms with Crippen LogP contribution >= 0.6 is 0 Å². The molecule has 4 saturated carbocycles. The van der Waals surface area contributed by atoms with E-state index in [-0.39, 0.29) is 12.8 Å². The Hall–Kier alpha value is -2.78. The van der Waals surface area contributed by atoms with Crippen LogP contribution < -0.4 is 0 Å². The lowest BCUT2D eigenvalue weighted by atomic mass is 9.44. The monoisotopic (exact) mass is 410 g/mol. The van der Waals surface area contributed by atoms with Gasteiger partial charge in [0.05, 0.1) is 28.4 Å². The molecule has 0 heterocycles. The molecule has 0 aliphatic heterocycles. The average molecular weight is 410 g/mol. The molecule has 0 radical (unpaired) electrons. The lowest BCUT2D eigenvalue weighted by Crippen LogP contribution is -2.69. The van der Waals surface area contributed by atoms with Gasteiger partial charge >= 0.3 is 23.9 Å². The second kappa shape index (κ2) is 6.36. The van der Waals surface area contributed by atoms with Gasteiger partial charge < -0.3 is 18.9 Å². The van der Waals surface area contributed by atoms with Crippen LogP contribution in [0.4, 0.5) is 0 Å². The topological polar surface area (TPSA) is 139 Å². The summed E-state index contributed by atoms with van der Waals surface area (Å²) in [6.45, 7) is 0. The molecule has 4 atom stereocenters. The highest BCUT2D eigenvalue weighted by Gasteiger charge is 2.81. The van der Waals surface area contributed by atoms with Crippen LogP contribution in [-0.2, 0) is 47.7 Å². The molecule has 158 valence electrons. The van der Waals surface area contributed by atoms with Gasteiger partial charge in [-0.3, -0.25) is 28.8 Å². The van der Waals surface area contributed by atoms with Gasteiger partial charge in [0.15, 0.2) is 11.6 Å². The van der Waals surface area contributed by atoms with Crippen molar-refractivity contribution in [2.75, 3.05) is 28.4 Å². The van der Waals surface area contributed by atoms with Crippen molar-refractivity contribution >= 4 is 35.4 Å². The number of hydrogen-bond donors (Lipinski definition) is 0. The third-order valence-electron chi connectivity index (χ3n) is 6.83. The average Bonchev–Trinajstić information content (AvgIpc) is 2.87. The molecular formula is C19H22O10. The van der Waals surface area contributed by atoms with Crippen LogP contribution in [0.15, 0.2) is 0 Å². The predicted octanol–water partition coefficient (Wildman–Crippen LogP) is -0.246. The number of ether oxygens (including phenoxy) is 4. The Balaban J connectivity index is 2.43. The second-order valence-electron chi connectivity index (χ2n) is 7.98. The van der Waals surface area contributed by atoms with Gasteiger partial charge in [-0.25, -0.2) is 0 Å². The lowest BCUT2D eigenvalue weighted by Gasteiger charge is -2.53. The highest BCUT2D eigenvalue weighted by Crippen LogP contribution is 2.68. The molecule has 10 heteroatoms. The third kappa shape index (κ3) is 2.22. The molecule has 0 N–H and O–H groups in total. The van der Waals surface area contributed by atoms with E-state index in [9.17, 15) is 28.8 Å². The predicted molar refractivity (Wildman–Crippen MR) is 90.9 cm³/mol. The smallest absolute Gasteiger partial charge is 0.319 e. The summed E-state index contributed by atoms with van der Waals surface area (Å²) in [4.78, 5) is 78.7. The highest BCUT2D eigenvalue weighted by molar-refractivity contribution is 6.25. The SMILES string of the molecule is COC(=O)[C@@]12C[C@@]3(C(=O)OC)C[C@](C(=O)OC)(CC[C@](C(=O)OC)(C1)C3=O)C2=O. The Morgan fingerprint density at radius 2 is 0.793 bits per heavy atom. The molecule has 0 aromatic rings. The van der Waals surface area contributed by atoms with Crippen LogP contribution in [0.2, 0.25) is 0 Å². The first-order valence-electron chi connectivity index (χ1n) is 9.00. The molecule has 4 rings (SSSR count). The molecule has 0 spiro atoms.